The molecule has 0 saturated carbocycles. The number of carbonyl (C=O) groups excluding carboxylic acids is 1. The first kappa shape index (κ1) is 17.7. The molecule has 0 N–H and O–H groups in total. The Balaban J connectivity index is 1.73. The molecule has 1 aliphatic heterocycles. The fraction of sp³-hybridized carbons (Fsp3) is 0.158. The summed E-state index contributed by atoms with van der Waals surface area (Å²) in [7, 11) is 0. The molecule has 0 radical (unpaired) electrons. The molecule has 0 spiro atoms. The molecule has 2 aromatic heterocycles. The predicted molar refractivity (Wildman–Crippen MR) is 95.6 cm³/mol. The molecule has 28 heavy (non-hydrogen) atoms. The summed E-state index contributed by atoms with van der Waals surface area (Å²) >= 11 is 0. The monoisotopic (exact) mass is 383 g/mol. The van der Waals surface area contributed by atoms with Gasteiger partial charge < -0.3 is 0 Å². The third kappa shape index (κ3) is 2.89. The van der Waals surface area contributed by atoms with Crippen molar-refractivity contribution >= 4 is 28.3 Å². The molecule has 1 aromatic carbocycles. The SMILES string of the molecule is N#CC1CN(c2ccc(C(F)(F)F)cn2)C(=O)N1c1cncc2ccccc12. The molecule has 2 amide bonds. The van der Waals surface area contributed by atoms with Crippen molar-refractivity contribution in [2.45, 2.75) is 12.2 Å². The first-order valence-electron chi connectivity index (χ1n) is 8.26. The Labute approximate surface area is 157 Å². The van der Waals surface area contributed by atoms with E-state index in [0.717, 1.165) is 22.9 Å². The number of nitriles is 1. The van der Waals surface area contributed by atoms with E-state index < -0.39 is 23.8 Å². The maximum absolute atomic E-state index is 13.0. The second kappa shape index (κ2) is 6.49. The lowest BCUT2D eigenvalue weighted by atomic mass is 10.1. The first-order valence-corrected chi connectivity index (χ1v) is 8.26. The van der Waals surface area contributed by atoms with E-state index in [1.54, 1.807) is 6.20 Å². The Morgan fingerprint density at radius 2 is 1.89 bits per heavy atom. The van der Waals surface area contributed by atoms with Crippen molar-refractivity contribution < 1.29 is 18.0 Å². The molecule has 4 rings (SSSR count). The molecular formula is C19H12F3N5O. The van der Waals surface area contributed by atoms with Crippen LogP contribution >= 0.6 is 0 Å². The van der Waals surface area contributed by atoms with Crippen molar-refractivity contribution in [2.75, 3.05) is 16.3 Å². The summed E-state index contributed by atoms with van der Waals surface area (Å²) in [5.41, 5.74) is -0.445. The average molecular weight is 383 g/mol. The first-order chi connectivity index (χ1) is 13.4. The van der Waals surface area contributed by atoms with Gasteiger partial charge in [-0.25, -0.2) is 9.78 Å². The zero-order valence-corrected chi connectivity index (χ0v) is 14.3. The summed E-state index contributed by atoms with van der Waals surface area (Å²) in [5, 5.41) is 11.1. The molecule has 9 heteroatoms. The molecule has 6 nitrogen and oxygen atoms in total. The maximum atomic E-state index is 13.0. The zero-order chi connectivity index (χ0) is 19.9. The molecule has 1 atom stereocenters. The molecule has 1 saturated heterocycles. The van der Waals surface area contributed by atoms with E-state index >= 15 is 0 Å². The number of alkyl halides is 3. The third-order valence-electron chi connectivity index (χ3n) is 4.51. The average Bonchev–Trinajstić information content (AvgIpc) is 3.03. The summed E-state index contributed by atoms with van der Waals surface area (Å²) in [6.45, 7) is -0.0169. The van der Waals surface area contributed by atoms with Gasteiger partial charge in [-0.1, -0.05) is 24.3 Å². The van der Waals surface area contributed by atoms with Crippen LogP contribution in [0, 0.1) is 11.3 Å². The number of nitrogens with zero attached hydrogens (tertiary/aromatic N) is 5. The zero-order valence-electron chi connectivity index (χ0n) is 14.3. The van der Waals surface area contributed by atoms with E-state index in [1.165, 1.54) is 16.0 Å². The largest absolute Gasteiger partial charge is 0.417 e. The van der Waals surface area contributed by atoms with Gasteiger partial charge in [-0.3, -0.25) is 14.8 Å². The lowest BCUT2D eigenvalue weighted by molar-refractivity contribution is -0.137. The topological polar surface area (TPSA) is 73.1 Å². The number of anilines is 2. The molecule has 0 bridgehead atoms. The molecule has 140 valence electrons. The predicted octanol–water partition coefficient (Wildman–Crippen LogP) is 3.99. The van der Waals surface area contributed by atoms with E-state index in [-0.39, 0.29) is 12.4 Å². The number of aromatic nitrogens is 2. The van der Waals surface area contributed by atoms with E-state index in [4.69, 9.17) is 0 Å². The summed E-state index contributed by atoms with van der Waals surface area (Å²) in [6.07, 6.45) is -0.702. The Morgan fingerprint density at radius 1 is 1.11 bits per heavy atom. The van der Waals surface area contributed by atoms with Crippen LogP contribution in [0.25, 0.3) is 10.8 Å². The fourth-order valence-corrected chi connectivity index (χ4v) is 3.16. The standard InChI is InChI=1S/C19H12F3N5O/c20-19(21,22)13-5-6-17(25-9-13)26-11-14(7-23)27(18(26)28)16-10-24-8-12-3-1-2-4-15(12)16/h1-6,8-10,14H,11H2. The van der Waals surface area contributed by atoms with Gasteiger partial charge in [-0.05, 0) is 12.1 Å². The van der Waals surface area contributed by atoms with Crippen LogP contribution in [0.1, 0.15) is 5.56 Å². The van der Waals surface area contributed by atoms with Crippen LogP contribution in [-0.4, -0.2) is 28.6 Å². The Bertz CT molecular complexity index is 1090. The molecule has 3 aromatic rings. The highest BCUT2D eigenvalue weighted by Crippen LogP contribution is 2.34. The van der Waals surface area contributed by atoms with Crippen LogP contribution in [0.5, 0.6) is 0 Å². The summed E-state index contributed by atoms with van der Waals surface area (Å²) in [4.78, 5) is 23.4. The summed E-state index contributed by atoms with van der Waals surface area (Å²) in [6, 6.07) is 9.97. The van der Waals surface area contributed by atoms with Gasteiger partial charge in [-0.15, -0.1) is 0 Å². The van der Waals surface area contributed by atoms with Gasteiger partial charge in [0, 0.05) is 23.2 Å². The Morgan fingerprint density at radius 3 is 2.57 bits per heavy atom. The second-order valence-corrected chi connectivity index (χ2v) is 6.19. The number of urea groups is 1. The molecule has 1 fully saturated rings. The lowest BCUT2D eigenvalue weighted by Gasteiger charge is -2.20. The minimum Gasteiger partial charge on any atom is -0.275 e. The van der Waals surface area contributed by atoms with Crippen molar-refractivity contribution in [1.82, 2.24) is 9.97 Å². The van der Waals surface area contributed by atoms with Gasteiger partial charge in [0.2, 0.25) is 0 Å². The van der Waals surface area contributed by atoms with Gasteiger partial charge in [0.05, 0.1) is 30.1 Å². The van der Waals surface area contributed by atoms with Gasteiger partial charge in [0.25, 0.3) is 0 Å². The number of benzene rings is 1. The molecule has 1 aliphatic rings. The van der Waals surface area contributed by atoms with E-state index in [2.05, 4.69) is 16.0 Å². The molecule has 3 heterocycles. The van der Waals surface area contributed by atoms with Gasteiger partial charge in [0.1, 0.15) is 11.9 Å². The van der Waals surface area contributed by atoms with Gasteiger partial charge >= 0.3 is 12.2 Å². The smallest absolute Gasteiger partial charge is 0.275 e. The van der Waals surface area contributed by atoms with Crippen molar-refractivity contribution in [2.24, 2.45) is 0 Å². The third-order valence-corrected chi connectivity index (χ3v) is 4.51. The van der Waals surface area contributed by atoms with Crippen LogP contribution in [0.15, 0.2) is 55.0 Å². The fourth-order valence-electron chi connectivity index (χ4n) is 3.16. The van der Waals surface area contributed by atoms with Crippen molar-refractivity contribution in [3.63, 3.8) is 0 Å². The number of fused-ring (bicyclic) bond motifs is 1. The molecule has 1 unspecified atom stereocenters. The summed E-state index contributed by atoms with van der Waals surface area (Å²) in [5.74, 6) is 0.0499. The van der Waals surface area contributed by atoms with Crippen LogP contribution in [0.3, 0.4) is 0 Å². The van der Waals surface area contributed by atoms with Crippen LogP contribution in [-0.2, 0) is 6.18 Å². The normalized spacial score (nSPS) is 17.2. The lowest BCUT2D eigenvalue weighted by Crippen LogP contribution is -2.35. The van der Waals surface area contributed by atoms with Crippen molar-refractivity contribution in [3.05, 3.63) is 60.6 Å². The minimum absolute atomic E-state index is 0.0169. The minimum atomic E-state index is -4.52. The second-order valence-electron chi connectivity index (χ2n) is 6.19. The van der Waals surface area contributed by atoms with E-state index in [0.29, 0.717) is 11.9 Å². The highest BCUT2D eigenvalue weighted by molar-refractivity contribution is 6.11. The Kier molecular flexibility index (Phi) is 4.11. The highest BCUT2D eigenvalue weighted by Gasteiger charge is 2.41. The Hall–Kier alpha value is -3.67. The highest BCUT2D eigenvalue weighted by atomic mass is 19.4. The van der Waals surface area contributed by atoms with Crippen molar-refractivity contribution in [1.29, 1.82) is 5.26 Å². The van der Waals surface area contributed by atoms with Crippen LogP contribution in [0.2, 0.25) is 0 Å². The number of rotatable bonds is 2. The van der Waals surface area contributed by atoms with Crippen molar-refractivity contribution in [3.8, 4) is 6.07 Å². The number of hydrogen-bond acceptors (Lipinski definition) is 4. The van der Waals surface area contributed by atoms with Crippen LogP contribution in [0.4, 0.5) is 29.5 Å². The number of carbonyl (C=O) groups is 1. The van der Waals surface area contributed by atoms with Crippen LogP contribution < -0.4 is 9.80 Å². The number of halogens is 3. The van der Waals surface area contributed by atoms with Gasteiger partial charge in [-0.2, -0.15) is 18.4 Å². The van der Waals surface area contributed by atoms with E-state index in [9.17, 15) is 23.2 Å². The quantitative estimate of drug-likeness (QED) is 0.671. The number of pyridine rings is 2. The molecule has 0 aliphatic carbocycles. The maximum Gasteiger partial charge on any atom is 0.417 e. The van der Waals surface area contributed by atoms with E-state index in [1.807, 2.05) is 24.3 Å². The van der Waals surface area contributed by atoms with Gasteiger partial charge in [0.15, 0.2) is 0 Å². The summed E-state index contributed by atoms with van der Waals surface area (Å²) < 4.78 is 38.2. The number of amides is 2. The molecular weight excluding hydrogens is 371 g/mol. The number of hydrogen-bond donors (Lipinski definition) is 0.